The minimum absolute atomic E-state index is 0.178. The van der Waals surface area contributed by atoms with E-state index in [0.717, 1.165) is 31.9 Å². The van der Waals surface area contributed by atoms with E-state index in [0.29, 0.717) is 0 Å². The molecule has 0 bridgehead atoms. The first kappa shape index (κ1) is 17.4. The van der Waals surface area contributed by atoms with Gasteiger partial charge in [-0.05, 0) is 19.1 Å². The molecule has 0 saturated carbocycles. The van der Waals surface area contributed by atoms with Crippen LogP contribution in [0.3, 0.4) is 0 Å². The van der Waals surface area contributed by atoms with Gasteiger partial charge < -0.3 is 14.2 Å². The Balaban J connectivity index is 0.000000168. The fourth-order valence-electron chi connectivity index (χ4n) is 2.12. The standard InChI is InChI=1S/C9H12N2O.C7H8O3S/c1-3-10-4-2-9(1)11-5-7-12-8-6-11;1-6-2-4-7(5-3-6)11(8,9)10/h1-4H,5-8H2;2-5H,1H3,(H,8,9,10). The lowest BCUT2D eigenvalue weighted by molar-refractivity contribution is -0.377. The van der Waals surface area contributed by atoms with Crippen molar-refractivity contribution >= 4 is 15.8 Å². The van der Waals surface area contributed by atoms with Gasteiger partial charge in [-0.25, -0.2) is 13.4 Å². The summed E-state index contributed by atoms with van der Waals surface area (Å²) >= 11 is 0. The Labute approximate surface area is 136 Å². The molecule has 3 rings (SSSR count). The Bertz CT molecular complexity index is 697. The molecule has 124 valence electrons. The monoisotopic (exact) mass is 336 g/mol. The van der Waals surface area contributed by atoms with Gasteiger partial charge in [-0.1, -0.05) is 17.7 Å². The molecule has 7 heteroatoms. The maximum absolute atomic E-state index is 10.4. The minimum Gasteiger partial charge on any atom is -0.744 e. The van der Waals surface area contributed by atoms with Crippen LogP contribution in [0.15, 0.2) is 53.7 Å². The number of nitrogens with zero attached hydrogens (tertiary/aromatic N) is 1. The number of benzene rings is 1. The van der Waals surface area contributed by atoms with Crippen molar-refractivity contribution in [1.82, 2.24) is 0 Å². The zero-order valence-electron chi connectivity index (χ0n) is 12.9. The highest BCUT2D eigenvalue weighted by atomic mass is 32.2. The average molecular weight is 336 g/mol. The fraction of sp³-hybridized carbons (Fsp3) is 0.312. The van der Waals surface area contributed by atoms with Crippen molar-refractivity contribution in [3.8, 4) is 0 Å². The Kier molecular flexibility index (Phi) is 6.09. The van der Waals surface area contributed by atoms with Gasteiger partial charge in [-0.3, -0.25) is 0 Å². The van der Waals surface area contributed by atoms with E-state index < -0.39 is 10.1 Å². The molecule has 6 nitrogen and oxygen atoms in total. The Hall–Kier alpha value is -1.96. The van der Waals surface area contributed by atoms with E-state index in [9.17, 15) is 13.0 Å². The van der Waals surface area contributed by atoms with Crippen LogP contribution >= 0.6 is 0 Å². The third kappa shape index (κ3) is 5.63. The van der Waals surface area contributed by atoms with Crippen LogP contribution in [0.1, 0.15) is 5.56 Å². The van der Waals surface area contributed by atoms with E-state index in [2.05, 4.69) is 22.0 Å². The molecule has 0 atom stereocenters. The summed E-state index contributed by atoms with van der Waals surface area (Å²) in [4.78, 5) is 5.17. The predicted octanol–water partition coefficient (Wildman–Crippen LogP) is 1.24. The van der Waals surface area contributed by atoms with Crippen LogP contribution in [0.4, 0.5) is 5.69 Å². The van der Waals surface area contributed by atoms with Gasteiger partial charge in [0.2, 0.25) is 0 Å². The first-order valence-electron chi connectivity index (χ1n) is 7.28. The van der Waals surface area contributed by atoms with Crippen LogP contribution in [-0.4, -0.2) is 39.3 Å². The van der Waals surface area contributed by atoms with Crippen molar-refractivity contribution in [1.29, 1.82) is 0 Å². The number of aromatic nitrogens is 1. The predicted molar refractivity (Wildman–Crippen MR) is 85.2 cm³/mol. The molecule has 1 aromatic carbocycles. The second-order valence-corrected chi connectivity index (χ2v) is 6.50. The smallest absolute Gasteiger partial charge is 0.169 e. The highest BCUT2D eigenvalue weighted by Crippen LogP contribution is 2.12. The summed E-state index contributed by atoms with van der Waals surface area (Å²) in [6.45, 7) is 5.52. The first-order chi connectivity index (χ1) is 11.0. The number of aromatic amines is 1. The van der Waals surface area contributed by atoms with Crippen molar-refractivity contribution in [2.45, 2.75) is 11.8 Å². The lowest BCUT2D eigenvalue weighted by Gasteiger charge is -2.28. The lowest BCUT2D eigenvalue weighted by Crippen LogP contribution is -2.36. The van der Waals surface area contributed by atoms with Crippen LogP contribution in [0.25, 0.3) is 0 Å². The van der Waals surface area contributed by atoms with E-state index >= 15 is 0 Å². The average Bonchev–Trinajstić information content (AvgIpc) is 2.57. The van der Waals surface area contributed by atoms with E-state index in [4.69, 9.17) is 4.74 Å². The van der Waals surface area contributed by atoms with E-state index in [1.54, 1.807) is 12.1 Å². The van der Waals surface area contributed by atoms with Crippen molar-refractivity contribution < 1.29 is 22.7 Å². The molecule has 2 aromatic rings. The molecule has 2 heterocycles. The van der Waals surface area contributed by atoms with Crippen LogP contribution in [-0.2, 0) is 14.9 Å². The summed E-state index contributed by atoms with van der Waals surface area (Å²) in [6, 6.07) is 9.96. The molecular formula is C16H20N2O4S. The molecule has 0 unspecified atom stereocenters. The number of ether oxygens (including phenoxy) is 1. The van der Waals surface area contributed by atoms with E-state index in [1.165, 1.54) is 17.8 Å². The number of H-pyrrole nitrogens is 1. The molecule has 23 heavy (non-hydrogen) atoms. The van der Waals surface area contributed by atoms with Gasteiger partial charge >= 0.3 is 0 Å². The summed E-state index contributed by atoms with van der Waals surface area (Å²) in [6.07, 6.45) is 3.90. The highest BCUT2D eigenvalue weighted by molar-refractivity contribution is 7.85. The van der Waals surface area contributed by atoms with Gasteiger partial charge in [0.25, 0.3) is 0 Å². The molecule has 1 N–H and O–H groups in total. The maximum Gasteiger partial charge on any atom is 0.169 e. The molecule has 0 radical (unpaired) electrons. The largest absolute Gasteiger partial charge is 0.744 e. The third-order valence-electron chi connectivity index (χ3n) is 3.39. The maximum atomic E-state index is 10.4. The number of hydrogen-bond acceptors (Lipinski definition) is 5. The number of nitrogens with one attached hydrogen (secondary N) is 1. The molecule has 1 aromatic heterocycles. The Morgan fingerprint density at radius 3 is 2.13 bits per heavy atom. The van der Waals surface area contributed by atoms with Crippen LogP contribution in [0.5, 0.6) is 0 Å². The molecule has 0 aliphatic carbocycles. The third-order valence-corrected chi connectivity index (χ3v) is 4.24. The molecule has 0 amide bonds. The van der Waals surface area contributed by atoms with Gasteiger partial charge in [0, 0.05) is 30.9 Å². The van der Waals surface area contributed by atoms with Crippen molar-refractivity contribution in [2.75, 3.05) is 31.2 Å². The molecule has 1 fully saturated rings. The van der Waals surface area contributed by atoms with Crippen molar-refractivity contribution in [2.24, 2.45) is 0 Å². The summed E-state index contributed by atoms with van der Waals surface area (Å²) in [5.41, 5.74) is 2.20. The van der Waals surface area contributed by atoms with Gasteiger partial charge in [-0.15, -0.1) is 0 Å². The number of hydrogen-bond donors (Lipinski definition) is 0. The fourth-order valence-corrected chi connectivity index (χ4v) is 2.58. The van der Waals surface area contributed by atoms with Gasteiger partial charge in [0.05, 0.1) is 18.1 Å². The zero-order valence-corrected chi connectivity index (χ0v) is 13.8. The molecule has 0 spiro atoms. The van der Waals surface area contributed by atoms with Crippen LogP contribution in [0, 0.1) is 6.92 Å². The Morgan fingerprint density at radius 1 is 1.04 bits per heavy atom. The van der Waals surface area contributed by atoms with Gasteiger partial charge in [0.15, 0.2) is 12.4 Å². The van der Waals surface area contributed by atoms with Gasteiger partial charge in [-0.2, -0.15) is 0 Å². The molecule has 1 aliphatic heterocycles. The number of rotatable bonds is 2. The topological polar surface area (TPSA) is 83.8 Å². The summed E-state index contributed by atoms with van der Waals surface area (Å²) < 4.78 is 36.4. The quantitative estimate of drug-likeness (QED) is 0.770. The molecular weight excluding hydrogens is 316 g/mol. The lowest BCUT2D eigenvalue weighted by atomic mass is 10.2. The van der Waals surface area contributed by atoms with Gasteiger partial charge in [0.1, 0.15) is 10.1 Å². The number of pyridine rings is 1. The SMILES string of the molecule is Cc1ccc(S(=O)(=O)[O-])cc1.c1cc(N2CCOCC2)cc[nH+]1. The van der Waals surface area contributed by atoms with E-state index in [1.807, 2.05) is 19.3 Å². The highest BCUT2D eigenvalue weighted by Gasteiger charge is 2.10. The zero-order chi connectivity index (χ0) is 16.7. The van der Waals surface area contributed by atoms with Crippen LogP contribution in [0.2, 0.25) is 0 Å². The minimum atomic E-state index is -4.27. The second-order valence-electron chi connectivity index (χ2n) is 5.12. The van der Waals surface area contributed by atoms with Crippen molar-refractivity contribution in [3.63, 3.8) is 0 Å². The summed E-state index contributed by atoms with van der Waals surface area (Å²) in [7, 11) is -4.27. The van der Waals surface area contributed by atoms with E-state index in [-0.39, 0.29) is 4.90 Å². The summed E-state index contributed by atoms with van der Waals surface area (Å²) in [5, 5.41) is 0. The normalized spacial score (nSPS) is 14.8. The van der Waals surface area contributed by atoms with Crippen molar-refractivity contribution in [3.05, 3.63) is 54.4 Å². The Morgan fingerprint density at radius 2 is 1.61 bits per heavy atom. The summed E-state index contributed by atoms with van der Waals surface area (Å²) in [5.74, 6) is 0. The number of morpholine rings is 1. The van der Waals surface area contributed by atoms with Crippen LogP contribution < -0.4 is 9.88 Å². The second kappa shape index (κ2) is 8.05. The molecule has 1 aliphatic rings. The molecule has 1 saturated heterocycles. The first-order valence-corrected chi connectivity index (χ1v) is 8.69. The number of anilines is 1. The number of aryl methyl sites for hydroxylation is 1.